The van der Waals surface area contributed by atoms with E-state index < -0.39 is 12.1 Å². The fourth-order valence-corrected chi connectivity index (χ4v) is 2.62. The predicted molar refractivity (Wildman–Crippen MR) is 85.4 cm³/mol. The molecule has 1 aromatic heterocycles. The summed E-state index contributed by atoms with van der Waals surface area (Å²) >= 11 is 1.22. The first-order chi connectivity index (χ1) is 10.7. The summed E-state index contributed by atoms with van der Waals surface area (Å²) < 4.78 is 10.4. The molecule has 6 heteroatoms. The number of hydrogen-bond donors (Lipinski definition) is 1. The number of carbonyl (C=O) groups is 2. The number of ether oxygens (including phenoxy) is 2. The van der Waals surface area contributed by atoms with Crippen molar-refractivity contribution in [3.63, 3.8) is 0 Å². The van der Waals surface area contributed by atoms with Gasteiger partial charge in [-0.15, -0.1) is 11.3 Å². The molecule has 0 aliphatic carbocycles. The molecular weight excluding hydrogens is 302 g/mol. The Bertz CT molecular complexity index is 639. The van der Waals surface area contributed by atoms with Crippen molar-refractivity contribution in [3.05, 3.63) is 46.7 Å². The SMILES string of the molecule is CC[C@@H](Oc1ccccc1)C(=O)Nc1ccsc1C(=O)OC. The lowest BCUT2D eigenvalue weighted by Gasteiger charge is -2.17. The Morgan fingerprint density at radius 3 is 2.59 bits per heavy atom. The average molecular weight is 319 g/mol. The summed E-state index contributed by atoms with van der Waals surface area (Å²) in [5, 5.41) is 4.45. The second-order valence-corrected chi connectivity index (χ2v) is 5.39. The lowest BCUT2D eigenvalue weighted by Crippen LogP contribution is -2.32. The molecule has 1 amide bonds. The van der Waals surface area contributed by atoms with Crippen molar-refractivity contribution in [3.8, 4) is 5.75 Å². The topological polar surface area (TPSA) is 64.6 Å². The fourth-order valence-electron chi connectivity index (χ4n) is 1.86. The van der Waals surface area contributed by atoms with Crippen molar-refractivity contribution in [2.75, 3.05) is 12.4 Å². The van der Waals surface area contributed by atoms with Gasteiger partial charge in [-0.2, -0.15) is 0 Å². The maximum Gasteiger partial charge on any atom is 0.350 e. The van der Waals surface area contributed by atoms with Crippen LogP contribution in [-0.4, -0.2) is 25.1 Å². The van der Waals surface area contributed by atoms with Crippen LogP contribution in [0.5, 0.6) is 5.75 Å². The third-order valence-electron chi connectivity index (χ3n) is 2.98. The van der Waals surface area contributed by atoms with Gasteiger partial charge in [0.15, 0.2) is 6.10 Å². The van der Waals surface area contributed by atoms with Gasteiger partial charge in [-0.25, -0.2) is 4.79 Å². The van der Waals surface area contributed by atoms with Crippen LogP contribution in [-0.2, 0) is 9.53 Å². The molecule has 1 atom stereocenters. The second-order valence-electron chi connectivity index (χ2n) is 4.47. The molecule has 0 unspecified atom stereocenters. The molecular formula is C16H17NO4S. The van der Waals surface area contributed by atoms with Crippen LogP contribution in [0.25, 0.3) is 0 Å². The van der Waals surface area contributed by atoms with E-state index in [1.165, 1.54) is 18.4 Å². The molecule has 0 bridgehead atoms. The minimum Gasteiger partial charge on any atom is -0.481 e. The van der Waals surface area contributed by atoms with Gasteiger partial charge in [-0.05, 0) is 30.0 Å². The number of thiophene rings is 1. The van der Waals surface area contributed by atoms with Gasteiger partial charge in [0.05, 0.1) is 12.8 Å². The highest BCUT2D eigenvalue weighted by atomic mass is 32.1. The van der Waals surface area contributed by atoms with Gasteiger partial charge < -0.3 is 14.8 Å². The Morgan fingerprint density at radius 2 is 1.95 bits per heavy atom. The first kappa shape index (κ1) is 16.0. The molecule has 0 fully saturated rings. The number of nitrogens with one attached hydrogen (secondary N) is 1. The van der Waals surface area contributed by atoms with E-state index in [9.17, 15) is 9.59 Å². The van der Waals surface area contributed by atoms with E-state index in [2.05, 4.69) is 10.1 Å². The van der Waals surface area contributed by atoms with E-state index >= 15 is 0 Å². The van der Waals surface area contributed by atoms with E-state index in [1.54, 1.807) is 23.6 Å². The van der Waals surface area contributed by atoms with Crippen LogP contribution in [0, 0.1) is 0 Å². The van der Waals surface area contributed by atoms with Crippen LogP contribution in [0.15, 0.2) is 41.8 Å². The van der Waals surface area contributed by atoms with Gasteiger partial charge in [-0.1, -0.05) is 25.1 Å². The Hall–Kier alpha value is -2.34. The van der Waals surface area contributed by atoms with Crippen molar-refractivity contribution in [1.29, 1.82) is 0 Å². The third-order valence-corrected chi connectivity index (χ3v) is 3.87. The number of anilines is 1. The Balaban J connectivity index is 2.07. The zero-order chi connectivity index (χ0) is 15.9. The third kappa shape index (κ3) is 3.85. The van der Waals surface area contributed by atoms with Crippen LogP contribution in [0.3, 0.4) is 0 Å². The van der Waals surface area contributed by atoms with Crippen LogP contribution in [0.1, 0.15) is 23.0 Å². The molecule has 0 aliphatic heterocycles. The molecule has 0 spiro atoms. The second kappa shape index (κ2) is 7.61. The molecule has 2 rings (SSSR count). The van der Waals surface area contributed by atoms with E-state index in [1.807, 2.05) is 25.1 Å². The van der Waals surface area contributed by atoms with Crippen LogP contribution in [0.4, 0.5) is 5.69 Å². The van der Waals surface area contributed by atoms with Gasteiger partial charge in [-0.3, -0.25) is 4.79 Å². The van der Waals surface area contributed by atoms with Gasteiger partial charge in [0.2, 0.25) is 0 Å². The number of para-hydroxylation sites is 1. The molecule has 0 saturated carbocycles. The highest BCUT2D eigenvalue weighted by Gasteiger charge is 2.22. The molecule has 5 nitrogen and oxygen atoms in total. The smallest absolute Gasteiger partial charge is 0.350 e. The maximum absolute atomic E-state index is 12.3. The quantitative estimate of drug-likeness (QED) is 0.830. The molecule has 0 aliphatic rings. The number of benzene rings is 1. The number of carbonyl (C=O) groups excluding carboxylic acids is 2. The van der Waals surface area contributed by atoms with Crippen molar-refractivity contribution in [2.45, 2.75) is 19.4 Å². The first-order valence-corrected chi connectivity index (χ1v) is 7.72. The lowest BCUT2D eigenvalue weighted by atomic mass is 10.2. The molecule has 22 heavy (non-hydrogen) atoms. The average Bonchev–Trinajstić information content (AvgIpc) is 3.00. The zero-order valence-electron chi connectivity index (χ0n) is 12.4. The van der Waals surface area contributed by atoms with Crippen molar-refractivity contribution in [1.82, 2.24) is 0 Å². The normalized spacial score (nSPS) is 11.5. The summed E-state index contributed by atoms with van der Waals surface area (Å²) in [4.78, 5) is 24.3. The highest BCUT2D eigenvalue weighted by molar-refractivity contribution is 7.12. The van der Waals surface area contributed by atoms with Crippen LogP contribution in [0.2, 0.25) is 0 Å². The van der Waals surface area contributed by atoms with Crippen molar-refractivity contribution < 1.29 is 19.1 Å². The summed E-state index contributed by atoms with van der Waals surface area (Å²) in [5.74, 6) is -0.139. The minimum absolute atomic E-state index is 0.296. The lowest BCUT2D eigenvalue weighted by molar-refractivity contribution is -0.122. The van der Waals surface area contributed by atoms with E-state index in [0.717, 1.165) is 0 Å². The molecule has 1 aromatic carbocycles. The first-order valence-electron chi connectivity index (χ1n) is 6.84. The molecule has 1 N–H and O–H groups in total. The summed E-state index contributed by atoms with van der Waals surface area (Å²) in [5.41, 5.74) is 0.442. The monoisotopic (exact) mass is 319 g/mol. The zero-order valence-corrected chi connectivity index (χ0v) is 13.2. The standard InChI is InChI=1S/C16H17NO4S/c1-3-13(21-11-7-5-4-6-8-11)15(18)17-12-9-10-22-14(12)16(19)20-2/h4-10,13H,3H2,1-2H3,(H,17,18)/t13-/m1/s1. The number of rotatable bonds is 6. The van der Waals surface area contributed by atoms with Crippen molar-refractivity contribution >= 4 is 28.9 Å². The summed E-state index contributed by atoms with van der Waals surface area (Å²) in [7, 11) is 1.31. The van der Waals surface area contributed by atoms with Gasteiger partial charge in [0.1, 0.15) is 10.6 Å². The van der Waals surface area contributed by atoms with E-state index in [-0.39, 0.29) is 5.91 Å². The van der Waals surface area contributed by atoms with Gasteiger partial charge in [0, 0.05) is 0 Å². The highest BCUT2D eigenvalue weighted by Crippen LogP contribution is 2.24. The molecule has 0 saturated heterocycles. The maximum atomic E-state index is 12.3. The largest absolute Gasteiger partial charge is 0.481 e. The Labute approximate surface area is 132 Å². The van der Waals surface area contributed by atoms with Crippen LogP contribution >= 0.6 is 11.3 Å². The predicted octanol–water partition coefficient (Wildman–Crippen LogP) is 3.33. The number of hydrogen-bond acceptors (Lipinski definition) is 5. The summed E-state index contributed by atoms with van der Waals surface area (Å²) in [6.45, 7) is 1.86. The van der Waals surface area contributed by atoms with Gasteiger partial charge in [0.25, 0.3) is 5.91 Å². The van der Waals surface area contributed by atoms with Crippen LogP contribution < -0.4 is 10.1 Å². The summed E-state index contributed by atoms with van der Waals surface area (Å²) in [6, 6.07) is 10.8. The minimum atomic E-state index is -0.632. The van der Waals surface area contributed by atoms with E-state index in [0.29, 0.717) is 22.7 Å². The Morgan fingerprint density at radius 1 is 1.23 bits per heavy atom. The molecule has 0 radical (unpaired) electrons. The number of amides is 1. The van der Waals surface area contributed by atoms with Gasteiger partial charge >= 0.3 is 5.97 Å². The molecule has 1 heterocycles. The fraction of sp³-hybridized carbons (Fsp3) is 0.250. The van der Waals surface area contributed by atoms with E-state index in [4.69, 9.17) is 4.74 Å². The number of methoxy groups -OCH3 is 1. The molecule has 2 aromatic rings. The number of esters is 1. The van der Waals surface area contributed by atoms with Crippen molar-refractivity contribution in [2.24, 2.45) is 0 Å². The summed E-state index contributed by atoms with van der Waals surface area (Å²) in [6.07, 6.45) is -0.119. The Kier molecular flexibility index (Phi) is 5.55. The molecule has 116 valence electrons.